The van der Waals surface area contributed by atoms with Crippen molar-refractivity contribution in [2.75, 3.05) is 31.1 Å². The Balaban J connectivity index is 1.52. The van der Waals surface area contributed by atoms with Crippen molar-refractivity contribution < 1.29 is 0 Å². The number of nitrogens with zero attached hydrogens (tertiary/aromatic N) is 3. The molecule has 0 bridgehead atoms. The number of hydrogen-bond donors (Lipinski definition) is 1. The second-order valence-corrected chi connectivity index (χ2v) is 6.30. The van der Waals surface area contributed by atoms with E-state index < -0.39 is 0 Å². The van der Waals surface area contributed by atoms with E-state index in [0.29, 0.717) is 6.04 Å². The molecule has 4 nitrogen and oxygen atoms in total. The third kappa shape index (κ3) is 3.49. The van der Waals surface area contributed by atoms with Crippen molar-refractivity contribution in [3.63, 3.8) is 0 Å². The van der Waals surface area contributed by atoms with Gasteiger partial charge in [0.1, 0.15) is 5.82 Å². The average Bonchev–Trinajstić information content (AvgIpc) is 3.30. The maximum atomic E-state index is 4.64. The minimum absolute atomic E-state index is 0.654. The molecule has 2 heterocycles. The van der Waals surface area contributed by atoms with Crippen LogP contribution in [0.3, 0.4) is 0 Å². The Morgan fingerprint density at radius 3 is 2.50 bits per heavy atom. The maximum absolute atomic E-state index is 4.64. The van der Waals surface area contributed by atoms with Gasteiger partial charge in [0.25, 0.3) is 0 Å². The number of pyridine rings is 1. The van der Waals surface area contributed by atoms with E-state index in [0.717, 1.165) is 44.6 Å². The lowest BCUT2D eigenvalue weighted by molar-refractivity contribution is 0.209. The number of hydrogen-bond acceptors (Lipinski definition) is 4. The predicted molar refractivity (Wildman–Crippen MR) is 83.0 cm³/mol. The molecule has 110 valence electrons. The van der Waals surface area contributed by atoms with Crippen molar-refractivity contribution in [1.29, 1.82) is 0 Å². The van der Waals surface area contributed by atoms with E-state index in [4.69, 9.17) is 0 Å². The van der Waals surface area contributed by atoms with Crippen molar-refractivity contribution in [2.45, 2.75) is 45.3 Å². The lowest BCUT2D eigenvalue weighted by Crippen LogP contribution is -2.49. The monoisotopic (exact) mass is 274 g/mol. The van der Waals surface area contributed by atoms with Crippen molar-refractivity contribution in [3.05, 3.63) is 23.9 Å². The molecule has 1 aromatic rings. The molecular formula is C16H26N4. The number of anilines is 1. The molecule has 0 aromatic carbocycles. The Morgan fingerprint density at radius 1 is 1.20 bits per heavy atom. The summed E-state index contributed by atoms with van der Waals surface area (Å²) in [5.41, 5.74) is 1.29. The van der Waals surface area contributed by atoms with Crippen LogP contribution in [0.15, 0.2) is 18.3 Å². The number of rotatable bonds is 5. The van der Waals surface area contributed by atoms with Crippen LogP contribution in [-0.2, 0) is 6.54 Å². The van der Waals surface area contributed by atoms with Gasteiger partial charge in [-0.3, -0.25) is 4.90 Å². The van der Waals surface area contributed by atoms with E-state index in [1.54, 1.807) is 0 Å². The third-order valence-corrected chi connectivity index (χ3v) is 4.35. The molecule has 1 saturated heterocycles. The van der Waals surface area contributed by atoms with Gasteiger partial charge < -0.3 is 10.2 Å². The first-order valence-corrected chi connectivity index (χ1v) is 7.89. The third-order valence-electron chi connectivity index (χ3n) is 4.35. The zero-order valence-corrected chi connectivity index (χ0v) is 12.7. The van der Waals surface area contributed by atoms with Gasteiger partial charge in [-0.2, -0.15) is 0 Å². The van der Waals surface area contributed by atoms with Crippen LogP contribution < -0.4 is 10.2 Å². The van der Waals surface area contributed by atoms with Gasteiger partial charge in [-0.25, -0.2) is 4.98 Å². The highest BCUT2D eigenvalue weighted by atomic mass is 15.3. The van der Waals surface area contributed by atoms with Crippen LogP contribution in [0, 0.1) is 0 Å². The second kappa shape index (κ2) is 6.10. The van der Waals surface area contributed by atoms with Crippen LogP contribution in [0.4, 0.5) is 5.82 Å². The van der Waals surface area contributed by atoms with Gasteiger partial charge in [-0.05, 0) is 38.3 Å². The zero-order chi connectivity index (χ0) is 13.9. The molecule has 4 heteroatoms. The Kier molecular flexibility index (Phi) is 4.22. The smallest absolute Gasteiger partial charge is 0.128 e. The van der Waals surface area contributed by atoms with Gasteiger partial charge in [0.2, 0.25) is 0 Å². The van der Waals surface area contributed by atoms with Gasteiger partial charge >= 0.3 is 0 Å². The van der Waals surface area contributed by atoms with E-state index in [-0.39, 0.29) is 0 Å². The molecule has 1 aliphatic carbocycles. The number of nitrogens with one attached hydrogen (secondary N) is 1. The summed E-state index contributed by atoms with van der Waals surface area (Å²) in [4.78, 5) is 9.57. The predicted octanol–water partition coefficient (Wildman–Crippen LogP) is 1.86. The summed E-state index contributed by atoms with van der Waals surface area (Å²) in [6.45, 7) is 9.97. The molecule has 1 N–H and O–H groups in total. The van der Waals surface area contributed by atoms with Crippen LogP contribution in [0.25, 0.3) is 0 Å². The molecule has 0 amide bonds. The molecule has 1 aliphatic heterocycles. The topological polar surface area (TPSA) is 31.4 Å². The molecule has 0 atom stereocenters. The Bertz CT molecular complexity index is 417. The van der Waals surface area contributed by atoms with Crippen molar-refractivity contribution >= 4 is 5.82 Å². The van der Waals surface area contributed by atoms with Gasteiger partial charge in [0.15, 0.2) is 0 Å². The largest absolute Gasteiger partial charge is 0.354 e. The quantitative estimate of drug-likeness (QED) is 0.888. The minimum Gasteiger partial charge on any atom is -0.354 e. The summed E-state index contributed by atoms with van der Waals surface area (Å²) in [6, 6.07) is 5.81. The first kappa shape index (κ1) is 13.8. The summed E-state index contributed by atoms with van der Waals surface area (Å²) in [5, 5.41) is 3.53. The first-order valence-electron chi connectivity index (χ1n) is 7.89. The fourth-order valence-corrected chi connectivity index (χ4v) is 2.73. The minimum atomic E-state index is 0.654. The van der Waals surface area contributed by atoms with Crippen LogP contribution in [0.5, 0.6) is 0 Å². The van der Waals surface area contributed by atoms with Crippen molar-refractivity contribution in [2.24, 2.45) is 0 Å². The highest BCUT2D eigenvalue weighted by Gasteiger charge is 2.21. The molecular weight excluding hydrogens is 248 g/mol. The number of piperazine rings is 1. The summed E-state index contributed by atoms with van der Waals surface area (Å²) in [6.07, 6.45) is 4.71. The molecule has 20 heavy (non-hydrogen) atoms. The maximum Gasteiger partial charge on any atom is 0.128 e. The fraction of sp³-hybridized carbons (Fsp3) is 0.688. The SMILES string of the molecule is CC(C)N1CCN(c2ccc(CNC3CC3)cn2)CC1. The van der Waals surface area contributed by atoms with Gasteiger partial charge in [-0.15, -0.1) is 0 Å². The highest BCUT2D eigenvalue weighted by Crippen LogP contribution is 2.20. The van der Waals surface area contributed by atoms with E-state index in [1.807, 2.05) is 6.20 Å². The summed E-state index contributed by atoms with van der Waals surface area (Å²) < 4.78 is 0. The second-order valence-electron chi connectivity index (χ2n) is 6.30. The van der Waals surface area contributed by atoms with Gasteiger partial charge in [0.05, 0.1) is 0 Å². The summed E-state index contributed by atoms with van der Waals surface area (Å²) in [7, 11) is 0. The van der Waals surface area contributed by atoms with E-state index in [2.05, 4.69) is 46.1 Å². The normalized spacial score (nSPS) is 20.6. The molecule has 0 radical (unpaired) electrons. The van der Waals surface area contributed by atoms with Crippen molar-refractivity contribution in [1.82, 2.24) is 15.2 Å². The molecule has 2 aliphatic rings. The lowest BCUT2D eigenvalue weighted by Gasteiger charge is -2.37. The molecule has 0 unspecified atom stereocenters. The Morgan fingerprint density at radius 2 is 1.95 bits per heavy atom. The van der Waals surface area contributed by atoms with E-state index in [9.17, 15) is 0 Å². The van der Waals surface area contributed by atoms with Crippen molar-refractivity contribution in [3.8, 4) is 0 Å². The summed E-state index contributed by atoms with van der Waals surface area (Å²) in [5.74, 6) is 1.13. The van der Waals surface area contributed by atoms with E-state index in [1.165, 1.54) is 18.4 Å². The Hall–Kier alpha value is -1.13. The standard InChI is InChI=1S/C16H26N4/c1-13(2)19-7-9-20(10-8-19)16-6-3-14(12-18-16)11-17-15-4-5-15/h3,6,12-13,15,17H,4-5,7-11H2,1-2H3. The van der Waals surface area contributed by atoms with Gasteiger partial charge in [-0.1, -0.05) is 6.07 Å². The molecule has 0 spiro atoms. The van der Waals surface area contributed by atoms with Gasteiger partial charge in [0, 0.05) is 51.0 Å². The lowest BCUT2D eigenvalue weighted by atomic mass is 10.2. The average molecular weight is 274 g/mol. The first-order chi connectivity index (χ1) is 9.72. The zero-order valence-electron chi connectivity index (χ0n) is 12.7. The highest BCUT2D eigenvalue weighted by molar-refractivity contribution is 5.40. The van der Waals surface area contributed by atoms with Crippen LogP contribution in [0.2, 0.25) is 0 Å². The fourth-order valence-electron chi connectivity index (χ4n) is 2.73. The molecule has 1 aromatic heterocycles. The number of aromatic nitrogens is 1. The van der Waals surface area contributed by atoms with Crippen LogP contribution in [-0.4, -0.2) is 48.1 Å². The van der Waals surface area contributed by atoms with E-state index >= 15 is 0 Å². The molecule has 3 rings (SSSR count). The molecule has 1 saturated carbocycles. The molecule has 2 fully saturated rings. The summed E-state index contributed by atoms with van der Waals surface area (Å²) >= 11 is 0. The van der Waals surface area contributed by atoms with Crippen LogP contribution >= 0.6 is 0 Å². The Labute approximate surface area is 122 Å². The van der Waals surface area contributed by atoms with Crippen LogP contribution in [0.1, 0.15) is 32.3 Å².